The molecule has 1 fully saturated rings. The van der Waals surface area contributed by atoms with Crippen LogP contribution in [-0.4, -0.2) is 59.9 Å². The zero-order valence-corrected chi connectivity index (χ0v) is 17.3. The van der Waals surface area contributed by atoms with Crippen LogP contribution in [0, 0.1) is 11.8 Å². The van der Waals surface area contributed by atoms with Crippen molar-refractivity contribution in [2.45, 2.75) is 89.0 Å². The van der Waals surface area contributed by atoms with Gasteiger partial charge in [0.25, 0.3) is 0 Å². The van der Waals surface area contributed by atoms with Gasteiger partial charge in [-0.25, -0.2) is 0 Å². The van der Waals surface area contributed by atoms with Crippen LogP contribution in [0.1, 0.15) is 58.8 Å². The number of nitrogens with two attached hydrogens (primary N) is 1. The summed E-state index contributed by atoms with van der Waals surface area (Å²) in [7, 11) is 0. The lowest BCUT2D eigenvalue weighted by molar-refractivity contribution is -0.142. The average molecular weight is 410 g/mol. The quantitative estimate of drug-likeness (QED) is 0.295. The summed E-state index contributed by atoms with van der Waals surface area (Å²) in [5, 5.41) is 18.5. The van der Waals surface area contributed by atoms with Gasteiger partial charge in [-0.3, -0.25) is 19.4 Å². The number of carbonyl (C=O) groups is 3. The molecular formula is C20H35N5O4. The molecule has 164 valence electrons. The van der Waals surface area contributed by atoms with Crippen molar-refractivity contribution >= 4 is 24.6 Å². The van der Waals surface area contributed by atoms with Gasteiger partial charge in [-0.05, 0) is 44.9 Å². The molecule has 6 N–H and O–H groups in total. The van der Waals surface area contributed by atoms with Crippen molar-refractivity contribution < 1.29 is 19.5 Å². The van der Waals surface area contributed by atoms with Crippen LogP contribution >= 0.6 is 0 Å². The summed E-state index contributed by atoms with van der Waals surface area (Å²) >= 11 is 0. The van der Waals surface area contributed by atoms with Crippen LogP contribution < -0.4 is 21.7 Å². The summed E-state index contributed by atoms with van der Waals surface area (Å²) in [6.45, 7) is 3.95. The van der Waals surface area contributed by atoms with Gasteiger partial charge in [0, 0.05) is 30.1 Å². The first kappa shape index (κ1) is 23.1. The molecule has 0 aromatic rings. The Morgan fingerprint density at radius 2 is 2.14 bits per heavy atom. The predicted octanol–water partition coefficient (Wildman–Crippen LogP) is 0.383. The molecule has 0 spiro atoms. The zero-order valence-electron chi connectivity index (χ0n) is 17.3. The molecule has 0 aromatic heterocycles. The number of carboxylic acids is 1. The summed E-state index contributed by atoms with van der Waals surface area (Å²) in [4.78, 5) is 38.8. The van der Waals surface area contributed by atoms with Crippen LogP contribution in [0.15, 0.2) is 4.99 Å². The van der Waals surface area contributed by atoms with E-state index >= 15 is 0 Å². The second kappa shape index (κ2) is 11.1. The molecule has 29 heavy (non-hydrogen) atoms. The lowest BCUT2D eigenvalue weighted by atomic mass is 9.88. The Labute approximate surface area is 172 Å². The monoisotopic (exact) mass is 409 g/mol. The molecule has 9 heteroatoms. The molecule has 7 atom stereocenters. The molecule has 1 saturated heterocycles. The number of rotatable bonds is 12. The van der Waals surface area contributed by atoms with Crippen LogP contribution in [-0.2, 0) is 14.4 Å². The Morgan fingerprint density at radius 3 is 2.72 bits per heavy atom. The van der Waals surface area contributed by atoms with Crippen molar-refractivity contribution in [3.8, 4) is 0 Å². The highest BCUT2D eigenvalue weighted by Gasteiger charge is 2.33. The third kappa shape index (κ3) is 7.30. The smallest absolute Gasteiger partial charge is 0.306 e. The molecule has 2 rings (SSSR count). The van der Waals surface area contributed by atoms with Crippen LogP contribution in [0.5, 0.6) is 0 Å². The van der Waals surface area contributed by atoms with Gasteiger partial charge < -0.3 is 26.8 Å². The van der Waals surface area contributed by atoms with Crippen LogP contribution in [0.3, 0.4) is 0 Å². The van der Waals surface area contributed by atoms with Gasteiger partial charge in [0.05, 0.1) is 18.3 Å². The second-order valence-corrected chi connectivity index (χ2v) is 8.50. The number of carbonyl (C=O) groups excluding carboxylic acids is 2. The Morgan fingerprint density at radius 1 is 1.38 bits per heavy atom. The summed E-state index contributed by atoms with van der Waals surface area (Å²) in [6.07, 6.45) is 6.83. The first-order valence-electron chi connectivity index (χ1n) is 10.6. The number of nitrogens with one attached hydrogen (secondary N) is 3. The van der Waals surface area contributed by atoms with Gasteiger partial charge in [-0.15, -0.1) is 0 Å². The fourth-order valence-electron chi connectivity index (χ4n) is 4.38. The largest absolute Gasteiger partial charge is 0.481 e. The molecule has 2 heterocycles. The van der Waals surface area contributed by atoms with E-state index in [1.54, 1.807) is 6.34 Å². The van der Waals surface area contributed by atoms with Gasteiger partial charge in [-0.1, -0.05) is 13.8 Å². The topological polar surface area (TPSA) is 146 Å². The Balaban J connectivity index is 1.87. The minimum atomic E-state index is -0.898. The molecule has 9 nitrogen and oxygen atoms in total. The molecule has 0 radical (unpaired) electrons. The van der Waals surface area contributed by atoms with E-state index in [2.05, 4.69) is 27.9 Å². The number of carboxylic acid groups (broad SMARTS) is 1. The van der Waals surface area contributed by atoms with E-state index in [0.29, 0.717) is 38.5 Å². The lowest BCUT2D eigenvalue weighted by Crippen LogP contribution is -2.44. The van der Waals surface area contributed by atoms with Crippen molar-refractivity contribution in [3.63, 3.8) is 0 Å². The summed E-state index contributed by atoms with van der Waals surface area (Å²) < 4.78 is 0. The number of nitrogens with zero attached hydrogens (tertiary/aromatic N) is 1. The average Bonchev–Trinajstić information content (AvgIpc) is 2.98. The van der Waals surface area contributed by atoms with E-state index in [-0.39, 0.29) is 42.0 Å². The normalized spacial score (nSPS) is 29.4. The first-order chi connectivity index (χ1) is 13.8. The predicted molar refractivity (Wildman–Crippen MR) is 110 cm³/mol. The number of aliphatic carboxylic acids is 1. The third-order valence-corrected chi connectivity index (χ3v) is 6.02. The maximum atomic E-state index is 11.7. The maximum Gasteiger partial charge on any atom is 0.306 e. The van der Waals surface area contributed by atoms with Crippen molar-refractivity contribution in [3.05, 3.63) is 0 Å². The van der Waals surface area contributed by atoms with Crippen molar-refractivity contribution in [2.75, 3.05) is 0 Å². The number of hydrogen-bond donors (Lipinski definition) is 5. The van der Waals surface area contributed by atoms with E-state index in [0.717, 1.165) is 12.8 Å². The Kier molecular flexibility index (Phi) is 8.88. The highest BCUT2D eigenvalue weighted by molar-refractivity contribution is 5.81. The summed E-state index contributed by atoms with van der Waals surface area (Å²) in [5.41, 5.74) is 6.28. The lowest BCUT2D eigenvalue weighted by Gasteiger charge is -2.30. The van der Waals surface area contributed by atoms with Gasteiger partial charge in [0.2, 0.25) is 12.3 Å². The van der Waals surface area contributed by atoms with E-state index in [9.17, 15) is 19.5 Å². The molecule has 2 aliphatic rings. The maximum absolute atomic E-state index is 11.7. The molecular weight excluding hydrogens is 374 g/mol. The van der Waals surface area contributed by atoms with Gasteiger partial charge in [0.15, 0.2) is 0 Å². The van der Waals surface area contributed by atoms with Crippen LogP contribution in [0.25, 0.3) is 0 Å². The molecule has 7 unspecified atom stereocenters. The van der Waals surface area contributed by atoms with E-state index in [4.69, 9.17) is 5.73 Å². The van der Waals surface area contributed by atoms with Crippen LogP contribution in [0.2, 0.25) is 0 Å². The summed E-state index contributed by atoms with van der Waals surface area (Å²) in [6, 6.07) is -0.127. The minimum absolute atomic E-state index is 0.0208. The fourth-order valence-corrected chi connectivity index (χ4v) is 4.38. The molecule has 2 amide bonds. The molecule has 0 aromatic carbocycles. The molecule has 0 saturated carbocycles. The molecule has 0 bridgehead atoms. The van der Waals surface area contributed by atoms with Gasteiger partial charge in [-0.2, -0.15) is 0 Å². The molecule has 2 aliphatic heterocycles. The Hall–Kier alpha value is -2.16. The number of hydrogen-bond acceptors (Lipinski definition) is 6. The SMILES string of the molecule is CCC1CC(CC(CC(N)CC(CC2CC(C)C(=O)N2)C(=O)O)NC=O)NC=N1. The number of aliphatic imine (C=N–C) groups is 1. The fraction of sp³-hybridized carbons (Fsp3) is 0.800. The second-order valence-electron chi connectivity index (χ2n) is 8.50. The Bertz CT molecular complexity index is 599. The third-order valence-electron chi connectivity index (χ3n) is 6.02. The summed E-state index contributed by atoms with van der Waals surface area (Å²) in [5.74, 6) is -1.62. The van der Waals surface area contributed by atoms with Crippen molar-refractivity contribution in [2.24, 2.45) is 22.6 Å². The van der Waals surface area contributed by atoms with Crippen molar-refractivity contribution in [1.82, 2.24) is 16.0 Å². The highest BCUT2D eigenvalue weighted by atomic mass is 16.4. The van der Waals surface area contributed by atoms with Gasteiger partial charge in [0.1, 0.15) is 0 Å². The van der Waals surface area contributed by atoms with E-state index in [1.165, 1.54) is 0 Å². The number of amides is 2. The van der Waals surface area contributed by atoms with Crippen molar-refractivity contribution in [1.29, 1.82) is 0 Å². The van der Waals surface area contributed by atoms with E-state index < -0.39 is 11.9 Å². The van der Waals surface area contributed by atoms with Crippen LogP contribution in [0.4, 0.5) is 0 Å². The minimum Gasteiger partial charge on any atom is -0.481 e. The van der Waals surface area contributed by atoms with E-state index in [1.807, 2.05) is 6.92 Å². The standard InChI is InChI=1S/C20H35N5O4/c1-3-15-8-17(23-10-22-15)9-16(24-11-26)7-14(21)5-13(20(28)29)6-18-4-12(2)19(27)25-18/h10-18H,3-9,21H2,1-2H3,(H,22,23)(H,24,26)(H,25,27)(H,28,29). The first-order valence-corrected chi connectivity index (χ1v) is 10.6. The molecule has 0 aliphatic carbocycles. The zero-order chi connectivity index (χ0) is 21.4. The van der Waals surface area contributed by atoms with Gasteiger partial charge >= 0.3 is 5.97 Å². The highest BCUT2D eigenvalue weighted by Crippen LogP contribution is 2.24.